The topological polar surface area (TPSA) is 32.0 Å². The van der Waals surface area contributed by atoms with Crippen LogP contribution in [0.3, 0.4) is 0 Å². The molecule has 4 heteroatoms. The molecule has 4 nitrogen and oxygen atoms in total. The zero-order valence-electron chi connectivity index (χ0n) is 11.7. The predicted octanol–water partition coefficient (Wildman–Crippen LogP) is 3.33. The third-order valence-electron chi connectivity index (χ3n) is 3.45. The fraction of sp³-hybridized carbons (Fsp3) is 0.312. The van der Waals surface area contributed by atoms with Crippen LogP contribution in [-0.2, 0) is 13.1 Å². The van der Waals surface area contributed by atoms with Crippen LogP contribution in [0.4, 0.5) is 0 Å². The van der Waals surface area contributed by atoms with Crippen molar-refractivity contribution >= 4 is 10.9 Å². The minimum Gasteiger partial charge on any atom is -0.493 e. The van der Waals surface area contributed by atoms with Crippen molar-refractivity contribution in [1.82, 2.24) is 14.1 Å². The van der Waals surface area contributed by atoms with E-state index in [4.69, 9.17) is 4.74 Å². The maximum Gasteiger partial charge on any atom is 0.128 e. The van der Waals surface area contributed by atoms with E-state index in [9.17, 15) is 0 Å². The largest absolute Gasteiger partial charge is 0.493 e. The van der Waals surface area contributed by atoms with E-state index in [1.165, 1.54) is 10.9 Å². The zero-order valence-corrected chi connectivity index (χ0v) is 11.7. The first kappa shape index (κ1) is 12.8. The minimum atomic E-state index is 0.699. The number of benzene rings is 1. The van der Waals surface area contributed by atoms with Crippen LogP contribution in [0.5, 0.6) is 5.75 Å². The van der Waals surface area contributed by atoms with Gasteiger partial charge >= 0.3 is 0 Å². The van der Waals surface area contributed by atoms with E-state index >= 15 is 0 Å². The fourth-order valence-corrected chi connectivity index (χ4v) is 2.51. The molecule has 0 bridgehead atoms. The van der Waals surface area contributed by atoms with Gasteiger partial charge in [0.05, 0.1) is 18.5 Å². The fourth-order valence-electron chi connectivity index (χ4n) is 2.51. The molecule has 0 unspecified atom stereocenters. The molecule has 1 aromatic carbocycles. The van der Waals surface area contributed by atoms with E-state index in [2.05, 4.69) is 38.5 Å². The number of fused-ring (bicyclic) bond motifs is 1. The van der Waals surface area contributed by atoms with Crippen LogP contribution in [0.1, 0.15) is 13.3 Å². The standard InChI is InChI=1S/C16H19N3O/c1-2-20-16-6-3-5-15-14(16)7-11-19(15)10-4-9-18-12-8-17-13-18/h3,5-8,11-13H,2,4,9-10H2,1H3. The van der Waals surface area contributed by atoms with E-state index < -0.39 is 0 Å². The molecule has 0 aliphatic rings. The molecule has 0 spiro atoms. The highest BCUT2D eigenvalue weighted by atomic mass is 16.5. The molecule has 0 fully saturated rings. The molecule has 0 radical (unpaired) electrons. The van der Waals surface area contributed by atoms with Crippen molar-refractivity contribution < 1.29 is 4.74 Å². The lowest BCUT2D eigenvalue weighted by atomic mass is 10.2. The van der Waals surface area contributed by atoms with E-state index in [0.717, 1.165) is 25.3 Å². The van der Waals surface area contributed by atoms with Gasteiger partial charge in [0.25, 0.3) is 0 Å². The molecule has 0 saturated carbocycles. The summed E-state index contributed by atoms with van der Waals surface area (Å²) >= 11 is 0. The Balaban J connectivity index is 1.73. The van der Waals surface area contributed by atoms with E-state index in [-0.39, 0.29) is 0 Å². The van der Waals surface area contributed by atoms with Crippen molar-refractivity contribution in [1.29, 1.82) is 0 Å². The summed E-state index contributed by atoms with van der Waals surface area (Å²) < 4.78 is 10.1. The molecular formula is C16H19N3O. The Morgan fingerprint density at radius 2 is 2.10 bits per heavy atom. The first-order valence-electron chi connectivity index (χ1n) is 7.05. The van der Waals surface area contributed by atoms with Crippen LogP contribution in [0.25, 0.3) is 10.9 Å². The summed E-state index contributed by atoms with van der Waals surface area (Å²) in [6.07, 6.45) is 8.90. The lowest BCUT2D eigenvalue weighted by molar-refractivity contribution is 0.344. The van der Waals surface area contributed by atoms with Gasteiger partial charge < -0.3 is 13.9 Å². The summed E-state index contributed by atoms with van der Waals surface area (Å²) in [6.45, 7) is 4.70. The SMILES string of the molecule is CCOc1cccc2c1ccn2CCCn1ccnc1. The molecule has 0 aliphatic carbocycles. The average Bonchev–Trinajstić information content (AvgIpc) is 3.10. The van der Waals surface area contributed by atoms with E-state index in [0.29, 0.717) is 6.61 Å². The summed E-state index contributed by atoms with van der Waals surface area (Å²) in [5, 5.41) is 1.19. The first-order valence-corrected chi connectivity index (χ1v) is 7.05. The van der Waals surface area contributed by atoms with Crippen molar-refractivity contribution in [3.05, 3.63) is 49.2 Å². The number of ether oxygens (including phenoxy) is 1. The molecule has 3 rings (SSSR count). The lowest BCUT2D eigenvalue weighted by Crippen LogP contribution is -2.01. The van der Waals surface area contributed by atoms with Gasteiger partial charge in [0.2, 0.25) is 0 Å². The molecule has 2 aromatic heterocycles. The zero-order chi connectivity index (χ0) is 13.8. The summed E-state index contributed by atoms with van der Waals surface area (Å²) in [5.74, 6) is 0.971. The molecule has 104 valence electrons. The lowest BCUT2D eigenvalue weighted by Gasteiger charge is -2.08. The molecule has 0 atom stereocenters. The minimum absolute atomic E-state index is 0.699. The predicted molar refractivity (Wildman–Crippen MR) is 80.0 cm³/mol. The Labute approximate surface area is 118 Å². The van der Waals surface area contributed by atoms with Crippen LogP contribution in [0, 0.1) is 0 Å². The normalized spacial score (nSPS) is 11.1. The van der Waals surface area contributed by atoms with Gasteiger partial charge in [0, 0.05) is 37.1 Å². The van der Waals surface area contributed by atoms with E-state index in [1.807, 2.05) is 31.7 Å². The number of hydrogen-bond donors (Lipinski definition) is 0. The third-order valence-corrected chi connectivity index (χ3v) is 3.45. The summed E-state index contributed by atoms with van der Waals surface area (Å²) in [5.41, 5.74) is 1.24. The Kier molecular flexibility index (Phi) is 3.72. The van der Waals surface area contributed by atoms with Gasteiger partial charge in [0.1, 0.15) is 5.75 Å². The maximum absolute atomic E-state index is 5.67. The highest BCUT2D eigenvalue weighted by Gasteiger charge is 2.05. The van der Waals surface area contributed by atoms with Gasteiger partial charge in [-0.25, -0.2) is 4.98 Å². The highest BCUT2D eigenvalue weighted by Crippen LogP contribution is 2.26. The molecule has 0 amide bonds. The molecule has 0 aliphatic heterocycles. The second-order valence-corrected chi connectivity index (χ2v) is 4.79. The van der Waals surface area contributed by atoms with Crippen molar-refractivity contribution in [3.8, 4) is 5.75 Å². The smallest absolute Gasteiger partial charge is 0.128 e. The van der Waals surface area contributed by atoms with Gasteiger partial charge in [-0.05, 0) is 31.5 Å². The average molecular weight is 269 g/mol. The third kappa shape index (κ3) is 2.54. The molecule has 0 saturated heterocycles. The maximum atomic E-state index is 5.67. The Morgan fingerprint density at radius 3 is 2.90 bits per heavy atom. The number of hydrogen-bond acceptors (Lipinski definition) is 2. The van der Waals surface area contributed by atoms with Gasteiger partial charge in [-0.1, -0.05) is 6.07 Å². The van der Waals surface area contributed by atoms with Crippen molar-refractivity contribution in [2.45, 2.75) is 26.4 Å². The molecule has 20 heavy (non-hydrogen) atoms. The molecule has 2 heterocycles. The van der Waals surface area contributed by atoms with Gasteiger partial charge in [-0.15, -0.1) is 0 Å². The highest BCUT2D eigenvalue weighted by molar-refractivity contribution is 5.86. The molecule has 3 aromatic rings. The number of imidazole rings is 1. The van der Waals surface area contributed by atoms with Crippen molar-refractivity contribution in [3.63, 3.8) is 0 Å². The number of nitrogens with zero attached hydrogens (tertiary/aromatic N) is 3. The van der Waals surface area contributed by atoms with Crippen molar-refractivity contribution in [2.24, 2.45) is 0 Å². The number of aromatic nitrogens is 3. The summed E-state index contributed by atoms with van der Waals surface area (Å²) in [6, 6.07) is 8.37. The second-order valence-electron chi connectivity index (χ2n) is 4.79. The monoisotopic (exact) mass is 269 g/mol. The second kappa shape index (κ2) is 5.82. The summed E-state index contributed by atoms with van der Waals surface area (Å²) in [4.78, 5) is 4.06. The Hall–Kier alpha value is -2.23. The van der Waals surface area contributed by atoms with Crippen LogP contribution in [0.15, 0.2) is 49.2 Å². The molecule has 0 N–H and O–H groups in total. The summed E-state index contributed by atoms with van der Waals surface area (Å²) in [7, 11) is 0. The van der Waals surface area contributed by atoms with Gasteiger partial charge in [0.15, 0.2) is 0 Å². The van der Waals surface area contributed by atoms with Crippen molar-refractivity contribution in [2.75, 3.05) is 6.61 Å². The Bertz CT molecular complexity index is 670. The number of rotatable bonds is 6. The van der Waals surface area contributed by atoms with Gasteiger partial charge in [-0.3, -0.25) is 0 Å². The molecular weight excluding hydrogens is 250 g/mol. The van der Waals surface area contributed by atoms with Crippen LogP contribution >= 0.6 is 0 Å². The van der Waals surface area contributed by atoms with Gasteiger partial charge in [-0.2, -0.15) is 0 Å². The quantitative estimate of drug-likeness (QED) is 0.687. The van der Waals surface area contributed by atoms with Crippen LogP contribution in [0.2, 0.25) is 0 Å². The number of aryl methyl sites for hydroxylation is 2. The first-order chi connectivity index (χ1) is 9.88. The van der Waals surface area contributed by atoms with Crippen LogP contribution < -0.4 is 4.74 Å². The Morgan fingerprint density at radius 1 is 1.15 bits per heavy atom. The van der Waals surface area contributed by atoms with E-state index in [1.54, 1.807) is 0 Å². The van der Waals surface area contributed by atoms with Crippen LogP contribution in [-0.4, -0.2) is 20.7 Å².